The average molecular weight is 209 g/mol. The molecule has 0 saturated carbocycles. The summed E-state index contributed by atoms with van der Waals surface area (Å²) in [7, 11) is 0. The lowest BCUT2D eigenvalue weighted by atomic mass is 10.8. The van der Waals surface area contributed by atoms with Crippen LogP contribution in [-0.2, 0) is 4.79 Å². The normalized spacial score (nSPS) is 9.70. The summed E-state index contributed by atoms with van der Waals surface area (Å²) in [6.07, 6.45) is 0. The van der Waals surface area contributed by atoms with Crippen LogP contribution in [0, 0.1) is 0 Å². The monoisotopic (exact) mass is 208 g/mol. The van der Waals surface area contributed by atoms with Crippen molar-refractivity contribution in [1.82, 2.24) is 0 Å². The number of hydrogen-bond donors (Lipinski definition) is 2. The highest BCUT2D eigenvalue weighted by Crippen LogP contribution is 2.25. The predicted octanol–water partition coefficient (Wildman–Crippen LogP) is 1.44. The van der Waals surface area contributed by atoms with Gasteiger partial charge in [0.1, 0.15) is 0 Å². The molecule has 0 aliphatic heterocycles. The minimum Gasteiger partial charge on any atom is -0.478 e. The summed E-state index contributed by atoms with van der Waals surface area (Å²) >= 11 is 14.4. The zero-order valence-corrected chi connectivity index (χ0v) is 7.41. The number of rotatable bonds is 0. The minimum absolute atomic E-state index is 0.250. The van der Waals surface area contributed by atoms with Gasteiger partial charge in [-0.2, -0.15) is 0 Å². The summed E-state index contributed by atoms with van der Waals surface area (Å²) in [5, 5.41) is 15.4. The van der Waals surface area contributed by atoms with Crippen LogP contribution in [0.1, 0.15) is 6.92 Å². The third-order valence-electron chi connectivity index (χ3n) is 0.243. The number of aliphatic hydroxyl groups is 1. The molecular weight excluding hydrogens is 202 g/mol. The Morgan fingerprint density at radius 1 is 1.50 bits per heavy atom. The van der Waals surface area contributed by atoms with Crippen LogP contribution in [0.25, 0.3) is 0 Å². The van der Waals surface area contributed by atoms with Gasteiger partial charge in [-0.1, -0.05) is 34.8 Å². The summed E-state index contributed by atoms with van der Waals surface area (Å²) < 4.78 is -2.17. The van der Waals surface area contributed by atoms with Gasteiger partial charge in [0.2, 0.25) is 0 Å². The van der Waals surface area contributed by atoms with Crippen LogP contribution in [0.4, 0.5) is 0 Å². The average Bonchev–Trinajstić information content (AvgIpc) is 1.64. The number of aliphatic carboxylic acids is 1. The molecule has 0 rings (SSSR count). The molecular formula is C4H7Cl3O3. The maximum atomic E-state index is 9.62. The molecule has 0 unspecified atom stereocenters. The molecule has 0 bridgehead atoms. The predicted molar refractivity (Wildman–Crippen MR) is 40.7 cm³/mol. The first-order valence-corrected chi connectivity index (χ1v) is 3.40. The third-order valence-corrected chi connectivity index (χ3v) is 0.728. The fourth-order valence-corrected chi connectivity index (χ4v) is 0. The summed E-state index contributed by atoms with van der Waals surface area (Å²) in [5.74, 6) is -1.46. The zero-order valence-electron chi connectivity index (χ0n) is 5.14. The molecule has 0 aliphatic carbocycles. The Morgan fingerprint density at radius 2 is 1.60 bits per heavy atom. The number of halogens is 3. The Balaban J connectivity index is 0. The quantitative estimate of drug-likeness (QED) is 0.594. The Hall–Kier alpha value is 0.300. The molecule has 2 N–H and O–H groups in total. The van der Waals surface area contributed by atoms with Crippen molar-refractivity contribution >= 4 is 40.8 Å². The van der Waals surface area contributed by atoms with Gasteiger partial charge in [0.15, 0.2) is 0 Å². The number of alkyl halides is 3. The van der Waals surface area contributed by atoms with Gasteiger partial charge in [0, 0.05) is 6.61 Å². The van der Waals surface area contributed by atoms with E-state index in [1.165, 1.54) is 0 Å². The van der Waals surface area contributed by atoms with Crippen LogP contribution >= 0.6 is 34.8 Å². The number of carbonyl (C=O) groups is 1. The van der Waals surface area contributed by atoms with Crippen molar-refractivity contribution in [2.45, 2.75) is 10.7 Å². The van der Waals surface area contributed by atoms with Crippen LogP contribution in [0.2, 0.25) is 0 Å². The van der Waals surface area contributed by atoms with E-state index in [1.54, 1.807) is 6.92 Å². The minimum atomic E-state index is -2.17. The molecule has 6 heteroatoms. The van der Waals surface area contributed by atoms with Gasteiger partial charge in [-0.15, -0.1) is 0 Å². The molecule has 10 heavy (non-hydrogen) atoms. The maximum Gasteiger partial charge on any atom is 0.356 e. The maximum absolute atomic E-state index is 9.62. The third kappa shape index (κ3) is 11.1. The second-order valence-electron chi connectivity index (χ2n) is 1.12. The molecule has 0 aromatic rings. The molecule has 0 aromatic carbocycles. The summed E-state index contributed by atoms with van der Waals surface area (Å²) in [5.41, 5.74) is 0. The zero-order chi connectivity index (χ0) is 8.78. The lowest BCUT2D eigenvalue weighted by Crippen LogP contribution is -2.16. The van der Waals surface area contributed by atoms with Crippen molar-refractivity contribution in [3.8, 4) is 0 Å². The summed E-state index contributed by atoms with van der Waals surface area (Å²) in [4.78, 5) is 9.62. The van der Waals surface area contributed by atoms with Gasteiger partial charge < -0.3 is 10.2 Å². The Kier molecular flexibility index (Phi) is 7.81. The topological polar surface area (TPSA) is 57.5 Å². The standard InChI is InChI=1S/C2HCl3O2.C2H6O/c3-2(4,5)1(6)7;1-2-3/h(H,6,7);3H,2H2,1H3. The van der Waals surface area contributed by atoms with Crippen LogP contribution in [0.15, 0.2) is 0 Å². The van der Waals surface area contributed by atoms with Crippen molar-refractivity contribution in [3.63, 3.8) is 0 Å². The number of aliphatic hydroxyl groups excluding tert-OH is 1. The van der Waals surface area contributed by atoms with Crippen LogP contribution < -0.4 is 0 Å². The molecule has 0 spiro atoms. The molecule has 0 aliphatic rings. The molecule has 0 atom stereocenters. The van der Waals surface area contributed by atoms with Crippen LogP contribution in [0.5, 0.6) is 0 Å². The lowest BCUT2D eigenvalue weighted by molar-refractivity contribution is -0.135. The highest BCUT2D eigenvalue weighted by molar-refractivity contribution is 6.75. The van der Waals surface area contributed by atoms with Gasteiger partial charge in [-0.05, 0) is 6.92 Å². The smallest absolute Gasteiger partial charge is 0.356 e. The summed E-state index contributed by atoms with van der Waals surface area (Å²) in [6, 6.07) is 0. The first-order valence-electron chi connectivity index (χ1n) is 2.27. The van der Waals surface area contributed by atoms with Crippen molar-refractivity contribution in [2.75, 3.05) is 6.61 Å². The second-order valence-corrected chi connectivity index (χ2v) is 3.40. The number of hydrogen-bond acceptors (Lipinski definition) is 2. The molecule has 0 amide bonds. The van der Waals surface area contributed by atoms with Crippen molar-refractivity contribution < 1.29 is 15.0 Å². The second kappa shape index (κ2) is 6.04. The number of carboxylic acid groups (broad SMARTS) is 1. The van der Waals surface area contributed by atoms with Crippen molar-refractivity contribution in [1.29, 1.82) is 0 Å². The Morgan fingerprint density at radius 3 is 1.60 bits per heavy atom. The molecule has 3 nitrogen and oxygen atoms in total. The van der Waals surface area contributed by atoms with Crippen LogP contribution in [-0.4, -0.2) is 26.6 Å². The Labute approximate surface area is 73.5 Å². The van der Waals surface area contributed by atoms with E-state index in [2.05, 4.69) is 0 Å². The molecule has 0 radical (unpaired) electrons. The van der Waals surface area contributed by atoms with E-state index in [4.69, 9.17) is 45.0 Å². The molecule has 0 aromatic heterocycles. The molecule has 62 valence electrons. The molecule has 0 saturated heterocycles. The SMILES string of the molecule is CCO.O=C(O)C(Cl)(Cl)Cl. The van der Waals surface area contributed by atoms with Crippen molar-refractivity contribution in [3.05, 3.63) is 0 Å². The van der Waals surface area contributed by atoms with Crippen molar-refractivity contribution in [2.24, 2.45) is 0 Å². The van der Waals surface area contributed by atoms with Gasteiger partial charge in [0.05, 0.1) is 0 Å². The lowest BCUT2D eigenvalue weighted by Gasteiger charge is -1.99. The fraction of sp³-hybridized carbons (Fsp3) is 0.750. The van der Waals surface area contributed by atoms with E-state index >= 15 is 0 Å². The van der Waals surface area contributed by atoms with E-state index < -0.39 is 9.76 Å². The fourth-order valence-electron chi connectivity index (χ4n) is 0. The first-order chi connectivity index (χ1) is 4.36. The van der Waals surface area contributed by atoms with E-state index in [0.29, 0.717) is 0 Å². The highest BCUT2D eigenvalue weighted by atomic mass is 35.6. The largest absolute Gasteiger partial charge is 0.478 e. The van der Waals surface area contributed by atoms with Gasteiger partial charge in [-0.25, -0.2) is 4.79 Å². The van der Waals surface area contributed by atoms with E-state index in [0.717, 1.165) is 0 Å². The summed E-state index contributed by atoms with van der Waals surface area (Å²) in [6.45, 7) is 1.93. The molecule has 0 heterocycles. The van der Waals surface area contributed by atoms with E-state index in [-0.39, 0.29) is 6.61 Å². The van der Waals surface area contributed by atoms with E-state index in [9.17, 15) is 4.79 Å². The number of carboxylic acids is 1. The molecule has 0 fully saturated rings. The van der Waals surface area contributed by atoms with E-state index in [1.807, 2.05) is 0 Å². The highest BCUT2D eigenvalue weighted by Gasteiger charge is 2.29. The van der Waals surface area contributed by atoms with Crippen LogP contribution in [0.3, 0.4) is 0 Å². The first kappa shape index (κ1) is 12.9. The Bertz CT molecular complexity index is 98.4. The van der Waals surface area contributed by atoms with Gasteiger partial charge in [0.25, 0.3) is 3.79 Å². The van der Waals surface area contributed by atoms with Gasteiger partial charge >= 0.3 is 5.97 Å². The van der Waals surface area contributed by atoms with Gasteiger partial charge in [-0.3, -0.25) is 0 Å².